The largest absolute Gasteiger partial charge is 0.487 e. The highest BCUT2D eigenvalue weighted by molar-refractivity contribution is 7.11. The van der Waals surface area contributed by atoms with Crippen LogP contribution in [0.15, 0.2) is 29.3 Å². The third-order valence-electron chi connectivity index (χ3n) is 4.39. The summed E-state index contributed by atoms with van der Waals surface area (Å²) in [7, 11) is 1.80. The molecule has 0 amide bonds. The van der Waals surface area contributed by atoms with Crippen molar-refractivity contribution in [2.75, 3.05) is 7.05 Å². The van der Waals surface area contributed by atoms with Gasteiger partial charge in [-0.3, -0.25) is 4.99 Å². The number of aliphatic imine (C=N–C) groups is 1. The van der Waals surface area contributed by atoms with Gasteiger partial charge in [0.05, 0.1) is 18.3 Å². The van der Waals surface area contributed by atoms with Crippen molar-refractivity contribution in [3.05, 3.63) is 45.4 Å². The van der Waals surface area contributed by atoms with Crippen LogP contribution in [0.3, 0.4) is 0 Å². The first kappa shape index (κ1) is 17.7. The maximum atomic E-state index is 6.10. The second-order valence-corrected chi connectivity index (χ2v) is 8.26. The molecule has 0 fully saturated rings. The van der Waals surface area contributed by atoms with Gasteiger partial charge in [-0.25, -0.2) is 4.98 Å². The van der Waals surface area contributed by atoms with Crippen LogP contribution >= 0.6 is 11.3 Å². The molecule has 2 aromatic rings. The zero-order valence-electron chi connectivity index (χ0n) is 15.5. The summed E-state index contributed by atoms with van der Waals surface area (Å²) in [6, 6.07) is 8.36. The number of thiazole rings is 1. The van der Waals surface area contributed by atoms with Crippen LogP contribution in [0.5, 0.6) is 5.75 Å². The number of rotatable bonds is 3. The Kier molecular flexibility index (Phi) is 4.99. The molecule has 0 aliphatic carbocycles. The second kappa shape index (κ2) is 7.04. The van der Waals surface area contributed by atoms with Crippen molar-refractivity contribution in [2.24, 2.45) is 4.99 Å². The van der Waals surface area contributed by atoms with E-state index in [4.69, 9.17) is 4.74 Å². The van der Waals surface area contributed by atoms with Gasteiger partial charge < -0.3 is 15.4 Å². The van der Waals surface area contributed by atoms with E-state index in [1.165, 1.54) is 10.4 Å². The van der Waals surface area contributed by atoms with Gasteiger partial charge in [0.2, 0.25) is 0 Å². The lowest BCUT2D eigenvalue weighted by atomic mass is 9.90. The maximum absolute atomic E-state index is 6.10. The van der Waals surface area contributed by atoms with Gasteiger partial charge in [-0.2, -0.15) is 0 Å². The van der Waals surface area contributed by atoms with Gasteiger partial charge in [-0.1, -0.05) is 18.2 Å². The molecule has 1 atom stereocenters. The standard InChI is InChI=1S/C19H26N4OS/c1-12-13(2)25-17(22-12)11-21-18(20-5)23-15-10-19(3,4)24-16-9-7-6-8-14(15)16/h6-9,15H,10-11H2,1-5H3,(H2,20,21,23). The topological polar surface area (TPSA) is 58.5 Å². The van der Waals surface area contributed by atoms with Crippen molar-refractivity contribution in [3.8, 4) is 5.75 Å². The van der Waals surface area contributed by atoms with Crippen LogP contribution in [-0.4, -0.2) is 23.6 Å². The molecular formula is C19H26N4OS. The van der Waals surface area contributed by atoms with E-state index in [-0.39, 0.29) is 11.6 Å². The van der Waals surface area contributed by atoms with Crippen molar-refractivity contribution < 1.29 is 4.74 Å². The number of hydrogen-bond donors (Lipinski definition) is 2. The fourth-order valence-corrected chi connectivity index (χ4v) is 3.94. The van der Waals surface area contributed by atoms with E-state index in [0.29, 0.717) is 6.54 Å². The van der Waals surface area contributed by atoms with Crippen molar-refractivity contribution in [2.45, 2.75) is 52.3 Å². The van der Waals surface area contributed by atoms with Gasteiger partial charge in [0.15, 0.2) is 5.96 Å². The number of ether oxygens (including phenoxy) is 1. The normalized spacial score (nSPS) is 19.1. The number of hydrogen-bond acceptors (Lipinski definition) is 4. The lowest BCUT2D eigenvalue weighted by Gasteiger charge is -2.38. The molecular weight excluding hydrogens is 332 g/mol. The third kappa shape index (κ3) is 4.12. The molecule has 25 heavy (non-hydrogen) atoms. The number of guanidine groups is 1. The van der Waals surface area contributed by atoms with Crippen molar-refractivity contribution >= 4 is 17.3 Å². The Labute approximate surface area is 153 Å². The highest BCUT2D eigenvalue weighted by Gasteiger charge is 2.33. The van der Waals surface area contributed by atoms with E-state index >= 15 is 0 Å². The van der Waals surface area contributed by atoms with Crippen molar-refractivity contribution in [1.29, 1.82) is 0 Å². The van der Waals surface area contributed by atoms with Crippen LogP contribution in [0.4, 0.5) is 0 Å². The Morgan fingerprint density at radius 3 is 2.80 bits per heavy atom. The molecule has 5 nitrogen and oxygen atoms in total. The van der Waals surface area contributed by atoms with E-state index in [0.717, 1.165) is 28.8 Å². The zero-order chi connectivity index (χ0) is 18.0. The van der Waals surface area contributed by atoms with E-state index in [2.05, 4.69) is 47.4 Å². The molecule has 1 aliphatic heterocycles. The molecule has 2 N–H and O–H groups in total. The van der Waals surface area contributed by atoms with E-state index in [1.807, 2.05) is 25.1 Å². The molecule has 0 radical (unpaired) electrons. The Morgan fingerprint density at radius 2 is 2.12 bits per heavy atom. The summed E-state index contributed by atoms with van der Waals surface area (Å²) in [5.74, 6) is 1.72. The summed E-state index contributed by atoms with van der Waals surface area (Å²) >= 11 is 1.72. The predicted octanol–water partition coefficient (Wildman–Crippen LogP) is 3.73. The fraction of sp³-hybridized carbons (Fsp3) is 0.474. The van der Waals surface area contributed by atoms with Crippen LogP contribution in [0.2, 0.25) is 0 Å². The fourth-order valence-electron chi connectivity index (χ4n) is 3.06. The summed E-state index contributed by atoms with van der Waals surface area (Å²) < 4.78 is 6.10. The maximum Gasteiger partial charge on any atom is 0.191 e. The number of fused-ring (bicyclic) bond motifs is 1. The average Bonchev–Trinajstić information content (AvgIpc) is 2.88. The van der Waals surface area contributed by atoms with Crippen LogP contribution < -0.4 is 15.4 Å². The van der Waals surface area contributed by atoms with Gasteiger partial charge in [0.25, 0.3) is 0 Å². The summed E-state index contributed by atoms with van der Waals surface area (Å²) in [5.41, 5.74) is 2.06. The first-order valence-corrected chi connectivity index (χ1v) is 9.37. The smallest absolute Gasteiger partial charge is 0.191 e. The number of para-hydroxylation sites is 1. The number of aryl methyl sites for hydroxylation is 2. The molecule has 3 rings (SSSR count). The summed E-state index contributed by atoms with van der Waals surface area (Å²) in [6.45, 7) is 9.06. The van der Waals surface area contributed by atoms with E-state index < -0.39 is 0 Å². The lowest BCUT2D eigenvalue weighted by Crippen LogP contribution is -2.45. The van der Waals surface area contributed by atoms with Crippen LogP contribution in [-0.2, 0) is 6.54 Å². The van der Waals surface area contributed by atoms with E-state index in [1.54, 1.807) is 18.4 Å². The van der Waals surface area contributed by atoms with Crippen molar-refractivity contribution in [1.82, 2.24) is 15.6 Å². The summed E-state index contributed by atoms with van der Waals surface area (Å²) in [5, 5.41) is 8.00. The summed E-state index contributed by atoms with van der Waals surface area (Å²) in [6.07, 6.45) is 0.875. The Bertz CT molecular complexity index is 762. The van der Waals surface area contributed by atoms with Crippen LogP contribution in [0.25, 0.3) is 0 Å². The molecule has 0 bridgehead atoms. The highest BCUT2D eigenvalue weighted by atomic mass is 32.1. The number of aromatic nitrogens is 1. The van der Waals surface area contributed by atoms with Crippen LogP contribution in [0, 0.1) is 13.8 Å². The zero-order valence-corrected chi connectivity index (χ0v) is 16.3. The molecule has 1 aliphatic rings. The van der Waals surface area contributed by atoms with Crippen LogP contribution in [0.1, 0.15) is 47.5 Å². The first-order valence-electron chi connectivity index (χ1n) is 8.56. The monoisotopic (exact) mass is 358 g/mol. The van der Waals surface area contributed by atoms with Crippen molar-refractivity contribution in [3.63, 3.8) is 0 Å². The molecule has 134 valence electrons. The first-order chi connectivity index (χ1) is 11.9. The number of nitrogens with one attached hydrogen (secondary N) is 2. The molecule has 0 saturated carbocycles. The number of benzene rings is 1. The van der Waals surface area contributed by atoms with E-state index in [9.17, 15) is 0 Å². The lowest BCUT2D eigenvalue weighted by molar-refractivity contribution is 0.0694. The Balaban J connectivity index is 1.71. The predicted molar refractivity (Wildman–Crippen MR) is 103 cm³/mol. The van der Waals surface area contributed by atoms with Gasteiger partial charge in [0.1, 0.15) is 16.4 Å². The molecule has 2 heterocycles. The molecule has 1 aromatic heterocycles. The van der Waals surface area contributed by atoms with Gasteiger partial charge >= 0.3 is 0 Å². The molecule has 0 spiro atoms. The van der Waals surface area contributed by atoms with Gasteiger partial charge in [0, 0.05) is 23.9 Å². The van der Waals surface area contributed by atoms with Gasteiger partial charge in [-0.15, -0.1) is 11.3 Å². The third-order valence-corrected chi connectivity index (χ3v) is 5.46. The number of nitrogens with zero attached hydrogens (tertiary/aromatic N) is 2. The Hall–Kier alpha value is -2.08. The Morgan fingerprint density at radius 1 is 1.36 bits per heavy atom. The average molecular weight is 359 g/mol. The molecule has 1 aromatic carbocycles. The SMILES string of the molecule is CN=C(NCc1nc(C)c(C)s1)NC1CC(C)(C)Oc2ccccc21. The van der Waals surface area contributed by atoms with Gasteiger partial charge in [-0.05, 0) is 33.8 Å². The summed E-state index contributed by atoms with van der Waals surface area (Å²) in [4.78, 5) is 10.2. The molecule has 1 unspecified atom stereocenters. The minimum Gasteiger partial charge on any atom is -0.487 e. The second-order valence-electron chi connectivity index (χ2n) is 6.98. The minimum atomic E-state index is -0.214. The minimum absolute atomic E-state index is 0.158. The highest BCUT2D eigenvalue weighted by Crippen LogP contribution is 2.39. The molecule has 0 saturated heterocycles. The molecule has 6 heteroatoms. The quantitative estimate of drug-likeness (QED) is 0.648.